The summed E-state index contributed by atoms with van der Waals surface area (Å²) in [6.45, 7) is 9.04. The van der Waals surface area contributed by atoms with E-state index in [2.05, 4.69) is 19.2 Å². The van der Waals surface area contributed by atoms with E-state index in [4.69, 9.17) is 5.73 Å². The van der Waals surface area contributed by atoms with E-state index in [0.29, 0.717) is 13.1 Å². The second-order valence-electron chi connectivity index (χ2n) is 7.57. The largest absolute Gasteiger partial charge is 0.349 e. The summed E-state index contributed by atoms with van der Waals surface area (Å²) in [5.74, 6) is -0.0660. The van der Waals surface area contributed by atoms with Gasteiger partial charge in [-0.3, -0.25) is 9.59 Å². The predicted molar refractivity (Wildman–Crippen MR) is 95.3 cm³/mol. The quantitative estimate of drug-likeness (QED) is 0.887. The second-order valence-corrected chi connectivity index (χ2v) is 7.57. The van der Waals surface area contributed by atoms with Crippen LogP contribution in [0.5, 0.6) is 0 Å². The number of rotatable bonds is 4. The Kier molecular flexibility index (Phi) is 5.65. The maximum absolute atomic E-state index is 12.8. The topological polar surface area (TPSA) is 75.4 Å². The highest BCUT2D eigenvalue weighted by Gasteiger charge is 2.35. The molecule has 5 heteroatoms. The number of carbonyl (C=O) groups is 2. The van der Waals surface area contributed by atoms with Crippen molar-refractivity contribution in [2.75, 3.05) is 13.1 Å². The first-order valence-electron chi connectivity index (χ1n) is 8.56. The van der Waals surface area contributed by atoms with Crippen molar-refractivity contribution in [3.8, 4) is 0 Å². The van der Waals surface area contributed by atoms with E-state index in [0.717, 1.165) is 17.5 Å². The van der Waals surface area contributed by atoms with Gasteiger partial charge in [-0.25, -0.2) is 0 Å². The molecule has 1 aromatic carbocycles. The molecule has 1 aliphatic heterocycles. The molecule has 1 fully saturated rings. The zero-order chi connectivity index (χ0) is 17.9. The molecular weight excluding hydrogens is 302 g/mol. The standard InChI is InChI=1S/C19H29N3O2/c1-13-5-7-15(8-6-13)16(21-14(2)23)11-18(24)22-10-9-17(20)19(3,4)12-22/h5-8,16-17H,9-12,20H2,1-4H3,(H,21,23). The summed E-state index contributed by atoms with van der Waals surface area (Å²) >= 11 is 0. The van der Waals surface area contributed by atoms with Crippen molar-refractivity contribution in [1.82, 2.24) is 10.2 Å². The molecule has 5 nitrogen and oxygen atoms in total. The Hall–Kier alpha value is -1.88. The van der Waals surface area contributed by atoms with Gasteiger partial charge in [-0.05, 0) is 24.3 Å². The van der Waals surface area contributed by atoms with Crippen LogP contribution in [0.4, 0.5) is 0 Å². The molecule has 3 N–H and O–H groups in total. The van der Waals surface area contributed by atoms with Gasteiger partial charge in [0, 0.05) is 26.1 Å². The summed E-state index contributed by atoms with van der Waals surface area (Å²) in [6, 6.07) is 7.76. The number of nitrogens with zero attached hydrogens (tertiary/aromatic N) is 1. The van der Waals surface area contributed by atoms with E-state index in [9.17, 15) is 9.59 Å². The van der Waals surface area contributed by atoms with E-state index < -0.39 is 0 Å². The average molecular weight is 331 g/mol. The van der Waals surface area contributed by atoms with Gasteiger partial charge in [0.2, 0.25) is 11.8 Å². The molecule has 2 amide bonds. The Morgan fingerprint density at radius 1 is 1.33 bits per heavy atom. The zero-order valence-electron chi connectivity index (χ0n) is 15.1. The lowest BCUT2D eigenvalue weighted by atomic mass is 9.79. The lowest BCUT2D eigenvalue weighted by Gasteiger charge is -2.43. The van der Waals surface area contributed by atoms with E-state index in [1.54, 1.807) is 0 Å². The lowest BCUT2D eigenvalue weighted by Crippen LogP contribution is -2.54. The van der Waals surface area contributed by atoms with Crippen molar-refractivity contribution in [2.24, 2.45) is 11.1 Å². The minimum Gasteiger partial charge on any atom is -0.349 e. The highest BCUT2D eigenvalue weighted by Crippen LogP contribution is 2.29. The zero-order valence-corrected chi connectivity index (χ0v) is 15.1. The second kappa shape index (κ2) is 7.34. The molecule has 1 heterocycles. The number of amides is 2. The van der Waals surface area contributed by atoms with Gasteiger partial charge in [0.1, 0.15) is 0 Å². The first kappa shape index (κ1) is 18.5. The minimum absolute atomic E-state index is 0.0642. The Balaban J connectivity index is 2.10. The van der Waals surface area contributed by atoms with Crippen LogP contribution >= 0.6 is 0 Å². The van der Waals surface area contributed by atoms with E-state index in [-0.39, 0.29) is 35.7 Å². The Morgan fingerprint density at radius 2 is 1.96 bits per heavy atom. The smallest absolute Gasteiger partial charge is 0.225 e. The molecule has 1 aromatic rings. The molecule has 1 aliphatic rings. The van der Waals surface area contributed by atoms with Crippen molar-refractivity contribution in [2.45, 2.75) is 52.6 Å². The van der Waals surface area contributed by atoms with Crippen LogP contribution in [0.25, 0.3) is 0 Å². The third-order valence-electron chi connectivity index (χ3n) is 4.90. The monoisotopic (exact) mass is 331 g/mol. The van der Waals surface area contributed by atoms with Crippen LogP contribution in [-0.2, 0) is 9.59 Å². The summed E-state index contributed by atoms with van der Waals surface area (Å²) in [4.78, 5) is 26.2. The number of benzene rings is 1. The maximum atomic E-state index is 12.8. The van der Waals surface area contributed by atoms with Crippen molar-refractivity contribution >= 4 is 11.8 Å². The third kappa shape index (κ3) is 4.57. The number of likely N-dealkylation sites (tertiary alicyclic amines) is 1. The molecule has 0 radical (unpaired) electrons. The summed E-state index contributed by atoms with van der Waals surface area (Å²) in [5.41, 5.74) is 8.18. The minimum atomic E-state index is -0.297. The van der Waals surface area contributed by atoms with Crippen LogP contribution in [0.3, 0.4) is 0 Å². The Labute approximate surface area is 144 Å². The van der Waals surface area contributed by atoms with Gasteiger partial charge in [-0.2, -0.15) is 0 Å². The summed E-state index contributed by atoms with van der Waals surface area (Å²) in [7, 11) is 0. The van der Waals surface area contributed by atoms with Gasteiger partial charge in [0.15, 0.2) is 0 Å². The highest BCUT2D eigenvalue weighted by atomic mass is 16.2. The molecule has 0 saturated carbocycles. The number of hydrogen-bond acceptors (Lipinski definition) is 3. The maximum Gasteiger partial charge on any atom is 0.225 e. The third-order valence-corrected chi connectivity index (χ3v) is 4.90. The fourth-order valence-electron chi connectivity index (χ4n) is 3.19. The number of nitrogens with two attached hydrogens (primary N) is 1. The lowest BCUT2D eigenvalue weighted by molar-refractivity contribution is -0.135. The number of hydrogen-bond donors (Lipinski definition) is 2. The molecule has 0 aliphatic carbocycles. The number of nitrogens with one attached hydrogen (secondary N) is 1. The van der Waals surface area contributed by atoms with Crippen LogP contribution in [0.15, 0.2) is 24.3 Å². The molecule has 2 rings (SSSR count). The first-order valence-corrected chi connectivity index (χ1v) is 8.56. The van der Waals surface area contributed by atoms with Crippen LogP contribution in [-0.4, -0.2) is 35.8 Å². The fourth-order valence-corrected chi connectivity index (χ4v) is 3.19. The summed E-state index contributed by atoms with van der Waals surface area (Å²) in [6.07, 6.45) is 1.09. The SMILES string of the molecule is CC(=O)NC(CC(=O)N1CCC(N)C(C)(C)C1)c1ccc(C)cc1. The highest BCUT2D eigenvalue weighted by molar-refractivity contribution is 5.79. The van der Waals surface area contributed by atoms with Crippen LogP contribution in [0.1, 0.15) is 50.8 Å². The van der Waals surface area contributed by atoms with E-state index >= 15 is 0 Å². The molecular formula is C19H29N3O2. The van der Waals surface area contributed by atoms with Crippen LogP contribution in [0, 0.1) is 12.3 Å². The van der Waals surface area contributed by atoms with Crippen LogP contribution < -0.4 is 11.1 Å². The van der Waals surface area contributed by atoms with Gasteiger partial charge in [0.05, 0.1) is 12.5 Å². The average Bonchev–Trinajstić information content (AvgIpc) is 2.49. The molecule has 2 atom stereocenters. The number of aryl methyl sites for hydroxylation is 1. The Bertz CT molecular complexity index is 595. The van der Waals surface area contributed by atoms with Crippen molar-refractivity contribution in [3.63, 3.8) is 0 Å². The first-order chi connectivity index (χ1) is 11.2. The van der Waals surface area contributed by atoms with Crippen molar-refractivity contribution in [1.29, 1.82) is 0 Å². The molecule has 0 spiro atoms. The molecule has 0 bridgehead atoms. The summed E-state index contributed by atoms with van der Waals surface area (Å²) < 4.78 is 0. The normalized spacial score (nSPS) is 21.2. The predicted octanol–water partition coefficient (Wildman–Crippen LogP) is 2.15. The van der Waals surface area contributed by atoms with E-state index in [1.807, 2.05) is 36.1 Å². The van der Waals surface area contributed by atoms with E-state index in [1.165, 1.54) is 6.92 Å². The molecule has 24 heavy (non-hydrogen) atoms. The van der Waals surface area contributed by atoms with Gasteiger partial charge < -0.3 is 16.0 Å². The molecule has 2 unspecified atom stereocenters. The number of piperidine rings is 1. The molecule has 132 valence electrons. The van der Waals surface area contributed by atoms with Crippen molar-refractivity contribution < 1.29 is 9.59 Å². The Morgan fingerprint density at radius 3 is 2.50 bits per heavy atom. The molecule has 0 aromatic heterocycles. The van der Waals surface area contributed by atoms with Gasteiger partial charge in [-0.1, -0.05) is 43.7 Å². The fraction of sp³-hybridized carbons (Fsp3) is 0.579. The van der Waals surface area contributed by atoms with Gasteiger partial charge in [0.25, 0.3) is 0 Å². The van der Waals surface area contributed by atoms with Crippen LogP contribution in [0.2, 0.25) is 0 Å². The summed E-state index contributed by atoms with van der Waals surface area (Å²) in [5, 5.41) is 2.90. The van der Waals surface area contributed by atoms with Gasteiger partial charge in [-0.15, -0.1) is 0 Å². The van der Waals surface area contributed by atoms with Gasteiger partial charge >= 0.3 is 0 Å². The number of carbonyl (C=O) groups excluding carboxylic acids is 2. The molecule has 1 saturated heterocycles. The van der Waals surface area contributed by atoms with Crippen molar-refractivity contribution in [3.05, 3.63) is 35.4 Å².